The van der Waals surface area contributed by atoms with Crippen LogP contribution in [-0.2, 0) is 16.2 Å². The first kappa shape index (κ1) is 18.2. The fourth-order valence-electron chi connectivity index (χ4n) is 2.41. The fourth-order valence-corrected chi connectivity index (χ4v) is 3.45. The van der Waals surface area contributed by atoms with Crippen molar-refractivity contribution in [1.29, 1.82) is 0 Å². The highest BCUT2D eigenvalue weighted by Gasteiger charge is 2.30. The molecule has 10 heteroatoms. The van der Waals surface area contributed by atoms with Crippen molar-refractivity contribution in [3.05, 3.63) is 48.3 Å². The van der Waals surface area contributed by atoms with Crippen molar-refractivity contribution in [2.75, 3.05) is 4.72 Å². The Morgan fingerprint density at radius 3 is 2.35 bits per heavy atom. The van der Waals surface area contributed by atoms with E-state index in [1.807, 2.05) is 13.8 Å². The zero-order valence-electron chi connectivity index (χ0n) is 13.8. The molecule has 0 aliphatic heterocycles. The maximum atomic E-state index is 12.6. The molecule has 0 spiro atoms. The highest BCUT2D eigenvalue weighted by Crippen LogP contribution is 2.30. The van der Waals surface area contributed by atoms with Crippen molar-refractivity contribution in [2.24, 2.45) is 0 Å². The summed E-state index contributed by atoms with van der Waals surface area (Å²) in [7, 11) is -4.04. The number of nitrogens with one attached hydrogen (secondary N) is 1. The Hall–Kier alpha value is -2.62. The Morgan fingerprint density at radius 2 is 1.77 bits per heavy atom. The number of aromatic nitrogens is 3. The maximum Gasteiger partial charge on any atom is 0.416 e. The van der Waals surface area contributed by atoms with E-state index in [0.29, 0.717) is 11.0 Å². The number of hydrogen-bond donors (Lipinski definition) is 1. The van der Waals surface area contributed by atoms with Crippen LogP contribution in [0, 0.1) is 0 Å². The summed E-state index contributed by atoms with van der Waals surface area (Å²) >= 11 is 0. The van der Waals surface area contributed by atoms with E-state index in [1.165, 1.54) is 6.20 Å². The Balaban J connectivity index is 1.88. The van der Waals surface area contributed by atoms with Crippen LogP contribution in [0.5, 0.6) is 0 Å². The van der Waals surface area contributed by atoms with Crippen LogP contribution >= 0.6 is 0 Å². The molecule has 0 bridgehead atoms. The highest BCUT2D eigenvalue weighted by molar-refractivity contribution is 7.92. The van der Waals surface area contributed by atoms with Gasteiger partial charge in [0.25, 0.3) is 10.0 Å². The molecule has 0 amide bonds. The molecule has 0 aliphatic carbocycles. The van der Waals surface area contributed by atoms with Crippen LogP contribution in [0.25, 0.3) is 11.0 Å². The van der Waals surface area contributed by atoms with E-state index in [4.69, 9.17) is 0 Å². The number of hydrogen-bond acceptors (Lipinski definition) is 4. The molecule has 0 saturated heterocycles. The number of pyridine rings is 1. The number of anilines is 1. The Labute approximate surface area is 147 Å². The number of rotatable bonds is 4. The SMILES string of the molecule is CC(C)n1ncc2cc(NS(=O)(=O)c3ccc(C(F)(F)F)cc3)cnc21. The van der Waals surface area contributed by atoms with Gasteiger partial charge in [-0.15, -0.1) is 0 Å². The number of nitrogens with zero attached hydrogens (tertiary/aromatic N) is 3. The molecule has 3 aromatic rings. The summed E-state index contributed by atoms with van der Waals surface area (Å²) in [4.78, 5) is 3.94. The van der Waals surface area contributed by atoms with Crippen LogP contribution in [0.3, 0.4) is 0 Å². The van der Waals surface area contributed by atoms with Crippen molar-refractivity contribution in [3.8, 4) is 0 Å². The van der Waals surface area contributed by atoms with Gasteiger partial charge in [-0.05, 0) is 44.2 Å². The van der Waals surface area contributed by atoms with E-state index in [2.05, 4.69) is 14.8 Å². The topological polar surface area (TPSA) is 76.9 Å². The van der Waals surface area contributed by atoms with Gasteiger partial charge in [0.15, 0.2) is 5.65 Å². The van der Waals surface area contributed by atoms with Crippen molar-refractivity contribution in [1.82, 2.24) is 14.8 Å². The van der Waals surface area contributed by atoms with E-state index in [9.17, 15) is 21.6 Å². The third-order valence-corrected chi connectivity index (χ3v) is 5.06. The predicted octanol–water partition coefficient (Wildman–Crippen LogP) is 3.83. The summed E-state index contributed by atoms with van der Waals surface area (Å²) in [6.07, 6.45) is -1.62. The monoisotopic (exact) mass is 384 g/mol. The van der Waals surface area contributed by atoms with Crippen LogP contribution < -0.4 is 4.72 Å². The zero-order chi connectivity index (χ0) is 19.1. The first-order valence-corrected chi connectivity index (χ1v) is 9.09. The van der Waals surface area contributed by atoms with Crippen molar-refractivity contribution < 1.29 is 21.6 Å². The first-order valence-electron chi connectivity index (χ1n) is 7.61. The average molecular weight is 384 g/mol. The van der Waals surface area contributed by atoms with E-state index < -0.39 is 21.8 Å². The molecule has 0 fully saturated rings. The molecule has 0 aliphatic rings. The van der Waals surface area contributed by atoms with Gasteiger partial charge in [0, 0.05) is 11.4 Å². The summed E-state index contributed by atoms with van der Waals surface area (Å²) in [6.45, 7) is 3.88. The number of alkyl halides is 3. The highest BCUT2D eigenvalue weighted by atomic mass is 32.2. The van der Waals surface area contributed by atoms with Crippen LogP contribution in [0.1, 0.15) is 25.5 Å². The summed E-state index contributed by atoms with van der Waals surface area (Å²) in [5.74, 6) is 0. The summed E-state index contributed by atoms with van der Waals surface area (Å²) in [5, 5.41) is 4.84. The second-order valence-electron chi connectivity index (χ2n) is 5.95. The van der Waals surface area contributed by atoms with Crippen LogP contribution in [0.4, 0.5) is 18.9 Å². The van der Waals surface area contributed by atoms with Gasteiger partial charge in [-0.25, -0.2) is 18.1 Å². The van der Waals surface area contributed by atoms with E-state index in [1.54, 1.807) is 16.9 Å². The smallest absolute Gasteiger partial charge is 0.278 e. The molecule has 1 aromatic carbocycles. The van der Waals surface area contributed by atoms with Gasteiger partial charge < -0.3 is 0 Å². The minimum Gasteiger partial charge on any atom is -0.278 e. The second kappa shape index (κ2) is 6.27. The predicted molar refractivity (Wildman–Crippen MR) is 90.2 cm³/mol. The first-order chi connectivity index (χ1) is 12.1. The Morgan fingerprint density at radius 1 is 1.12 bits per heavy atom. The lowest BCUT2D eigenvalue weighted by atomic mass is 10.2. The molecular weight excluding hydrogens is 369 g/mol. The molecule has 2 heterocycles. The summed E-state index contributed by atoms with van der Waals surface area (Å²) in [5.41, 5.74) is -0.112. The van der Waals surface area contributed by atoms with E-state index >= 15 is 0 Å². The molecule has 0 unspecified atom stereocenters. The van der Waals surface area contributed by atoms with Crippen LogP contribution in [0.2, 0.25) is 0 Å². The van der Waals surface area contributed by atoms with E-state index in [-0.39, 0.29) is 16.6 Å². The Bertz CT molecular complexity index is 1040. The largest absolute Gasteiger partial charge is 0.416 e. The van der Waals surface area contributed by atoms with Crippen LogP contribution in [-0.4, -0.2) is 23.2 Å². The molecule has 138 valence electrons. The number of benzene rings is 1. The number of halogens is 3. The quantitative estimate of drug-likeness (QED) is 0.742. The van der Waals surface area contributed by atoms with Gasteiger partial charge in [0.05, 0.1) is 28.5 Å². The zero-order valence-corrected chi connectivity index (χ0v) is 14.6. The number of sulfonamides is 1. The molecule has 0 saturated carbocycles. The molecule has 0 atom stereocenters. The number of fused-ring (bicyclic) bond motifs is 1. The normalized spacial score (nSPS) is 12.7. The lowest BCUT2D eigenvalue weighted by Crippen LogP contribution is -2.14. The minimum atomic E-state index is -4.53. The van der Waals surface area contributed by atoms with Gasteiger partial charge in [0.1, 0.15) is 0 Å². The van der Waals surface area contributed by atoms with Crippen molar-refractivity contribution >= 4 is 26.7 Å². The summed E-state index contributed by atoms with van der Waals surface area (Å²) < 4.78 is 66.5. The van der Waals surface area contributed by atoms with Gasteiger partial charge in [-0.3, -0.25) is 4.72 Å². The molecular formula is C16H15F3N4O2S. The van der Waals surface area contributed by atoms with Crippen molar-refractivity contribution in [3.63, 3.8) is 0 Å². The maximum absolute atomic E-state index is 12.6. The van der Waals surface area contributed by atoms with Gasteiger partial charge in [-0.2, -0.15) is 18.3 Å². The standard InChI is InChI=1S/C16H15F3N4O2S/c1-10(2)23-15-11(8-21-23)7-13(9-20-15)22-26(24,25)14-5-3-12(4-6-14)16(17,18)19/h3-10,22H,1-2H3. The van der Waals surface area contributed by atoms with E-state index in [0.717, 1.165) is 24.3 Å². The Kier molecular flexibility index (Phi) is 4.39. The molecule has 1 N–H and O–H groups in total. The van der Waals surface area contributed by atoms with Gasteiger partial charge in [0.2, 0.25) is 0 Å². The third-order valence-electron chi connectivity index (χ3n) is 3.67. The van der Waals surface area contributed by atoms with Crippen molar-refractivity contribution in [2.45, 2.75) is 31.0 Å². The molecule has 2 aromatic heterocycles. The summed E-state index contributed by atoms with van der Waals surface area (Å²) in [6, 6.07) is 4.93. The lowest BCUT2D eigenvalue weighted by molar-refractivity contribution is -0.137. The lowest BCUT2D eigenvalue weighted by Gasteiger charge is -2.10. The molecule has 0 radical (unpaired) electrons. The third kappa shape index (κ3) is 3.50. The fraction of sp³-hybridized carbons (Fsp3) is 0.250. The average Bonchev–Trinajstić information content (AvgIpc) is 2.97. The van der Waals surface area contributed by atoms with Gasteiger partial charge >= 0.3 is 6.18 Å². The minimum absolute atomic E-state index is 0.0923. The second-order valence-corrected chi connectivity index (χ2v) is 7.63. The molecule has 3 rings (SSSR count). The van der Waals surface area contributed by atoms with Crippen LogP contribution in [0.15, 0.2) is 47.6 Å². The van der Waals surface area contributed by atoms with Gasteiger partial charge in [-0.1, -0.05) is 0 Å². The molecule has 6 nitrogen and oxygen atoms in total. The molecule has 26 heavy (non-hydrogen) atoms.